The largest absolute Gasteiger partial charge is 0.481 e. The van der Waals surface area contributed by atoms with E-state index in [0.29, 0.717) is 32.0 Å². The molecular formula is C12H19NO4. The van der Waals surface area contributed by atoms with Crippen molar-refractivity contribution in [3.05, 3.63) is 0 Å². The van der Waals surface area contributed by atoms with Crippen molar-refractivity contribution in [2.45, 2.75) is 32.2 Å². The van der Waals surface area contributed by atoms with Crippen LogP contribution in [0.5, 0.6) is 0 Å². The standard InChI is InChI=1S/C12H19NO4/c1-2-7-3-9(10(4-7)12(15)16)11(14)13-8-5-17-6-8/h7-10H,2-6H2,1H3,(H,13,14)(H,15,16)/t7?,9-,10+/m0/s1. The molecule has 2 fully saturated rings. The minimum absolute atomic E-state index is 0.0811. The smallest absolute Gasteiger partial charge is 0.307 e. The molecule has 96 valence electrons. The van der Waals surface area contributed by atoms with Crippen LogP contribution >= 0.6 is 0 Å². The second-order valence-electron chi connectivity index (χ2n) is 5.04. The maximum Gasteiger partial charge on any atom is 0.307 e. The lowest BCUT2D eigenvalue weighted by Crippen LogP contribution is -2.51. The molecular weight excluding hydrogens is 222 g/mol. The van der Waals surface area contributed by atoms with Gasteiger partial charge < -0.3 is 15.2 Å². The van der Waals surface area contributed by atoms with Gasteiger partial charge >= 0.3 is 5.97 Å². The van der Waals surface area contributed by atoms with E-state index in [1.807, 2.05) is 6.92 Å². The number of aliphatic carboxylic acids is 1. The molecule has 2 aliphatic rings. The second kappa shape index (κ2) is 5.04. The van der Waals surface area contributed by atoms with E-state index in [1.54, 1.807) is 0 Å². The van der Waals surface area contributed by atoms with Crippen molar-refractivity contribution in [1.82, 2.24) is 5.32 Å². The first-order valence-corrected chi connectivity index (χ1v) is 6.22. The Kier molecular flexibility index (Phi) is 3.66. The number of ether oxygens (including phenoxy) is 1. The van der Waals surface area contributed by atoms with Crippen molar-refractivity contribution < 1.29 is 19.4 Å². The maximum absolute atomic E-state index is 12.0. The molecule has 0 aromatic heterocycles. The fourth-order valence-corrected chi connectivity index (χ4v) is 2.67. The van der Waals surface area contributed by atoms with Gasteiger partial charge in [0, 0.05) is 0 Å². The molecule has 0 aromatic rings. The first-order valence-electron chi connectivity index (χ1n) is 6.22. The van der Waals surface area contributed by atoms with Crippen molar-refractivity contribution in [2.24, 2.45) is 17.8 Å². The van der Waals surface area contributed by atoms with Crippen LogP contribution in [-0.4, -0.2) is 36.2 Å². The molecule has 1 saturated carbocycles. The summed E-state index contributed by atoms with van der Waals surface area (Å²) >= 11 is 0. The molecule has 1 unspecified atom stereocenters. The summed E-state index contributed by atoms with van der Waals surface area (Å²) in [5.74, 6) is -1.46. The van der Waals surface area contributed by atoms with Crippen LogP contribution in [0.3, 0.4) is 0 Å². The number of carbonyl (C=O) groups excluding carboxylic acids is 1. The van der Waals surface area contributed by atoms with Crippen LogP contribution in [0.4, 0.5) is 0 Å². The number of carboxylic acid groups (broad SMARTS) is 1. The number of rotatable bonds is 4. The van der Waals surface area contributed by atoms with Gasteiger partial charge in [-0.3, -0.25) is 9.59 Å². The van der Waals surface area contributed by atoms with Crippen molar-refractivity contribution in [2.75, 3.05) is 13.2 Å². The summed E-state index contributed by atoms with van der Waals surface area (Å²) in [5, 5.41) is 12.0. The molecule has 0 bridgehead atoms. The third-order valence-electron chi connectivity index (χ3n) is 3.88. The Morgan fingerprint density at radius 3 is 2.41 bits per heavy atom. The molecule has 1 aliphatic heterocycles. The first-order chi connectivity index (χ1) is 8.11. The average molecular weight is 241 g/mol. The monoisotopic (exact) mass is 241 g/mol. The van der Waals surface area contributed by atoms with Gasteiger partial charge in [-0.2, -0.15) is 0 Å². The summed E-state index contributed by atoms with van der Waals surface area (Å²) in [6.45, 7) is 3.14. The van der Waals surface area contributed by atoms with E-state index in [0.717, 1.165) is 6.42 Å². The third kappa shape index (κ3) is 2.60. The Bertz CT molecular complexity index is 314. The van der Waals surface area contributed by atoms with E-state index in [2.05, 4.69) is 5.32 Å². The van der Waals surface area contributed by atoms with Crippen LogP contribution in [0.15, 0.2) is 0 Å². The molecule has 0 radical (unpaired) electrons. The number of carbonyl (C=O) groups is 2. The molecule has 2 rings (SSSR count). The predicted molar refractivity (Wildman–Crippen MR) is 60.4 cm³/mol. The highest BCUT2D eigenvalue weighted by Crippen LogP contribution is 2.38. The van der Waals surface area contributed by atoms with E-state index in [9.17, 15) is 9.59 Å². The highest BCUT2D eigenvalue weighted by Gasteiger charge is 2.42. The van der Waals surface area contributed by atoms with E-state index < -0.39 is 11.9 Å². The van der Waals surface area contributed by atoms with Crippen LogP contribution in [0, 0.1) is 17.8 Å². The number of hydrogen-bond acceptors (Lipinski definition) is 3. The maximum atomic E-state index is 12.0. The fraction of sp³-hybridized carbons (Fsp3) is 0.833. The zero-order valence-electron chi connectivity index (χ0n) is 10.0. The number of amides is 1. The molecule has 5 nitrogen and oxygen atoms in total. The predicted octanol–water partition coefficient (Wildman–Crippen LogP) is 0.638. The minimum Gasteiger partial charge on any atom is -0.481 e. The number of nitrogens with one attached hydrogen (secondary N) is 1. The van der Waals surface area contributed by atoms with Crippen LogP contribution in [0.2, 0.25) is 0 Å². The highest BCUT2D eigenvalue weighted by atomic mass is 16.5. The van der Waals surface area contributed by atoms with Gasteiger partial charge in [-0.25, -0.2) is 0 Å². The zero-order valence-corrected chi connectivity index (χ0v) is 10.0. The molecule has 2 N–H and O–H groups in total. The molecule has 1 amide bonds. The molecule has 0 aromatic carbocycles. The molecule has 1 heterocycles. The Hall–Kier alpha value is -1.10. The summed E-state index contributed by atoms with van der Waals surface area (Å²) in [6.07, 6.45) is 2.28. The van der Waals surface area contributed by atoms with Crippen molar-refractivity contribution in [3.63, 3.8) is 0 Å². The molecule has 1 saturated heterocycles. The van der Waals surface area contributed by atoms with Gasteiger partial charge in [-0.15, -0.1) is 0 Å². The number of carboxylic acids is 1. The molecule has 1 aliphatic carbocycles. The van der Waals surface area contributed by atoms with E-state index in [4.69, 9.17) is 9.84 Å². The SMILES string of the molecule is CCC1C[C@H](C(=O)NC2COC2)[C@H](C(=O)O)C1. The summed E-state index contributed by atoms with van der Waals surface area (Å²) in [4.78, 5) is 23.1. The van der Waals surface area contributed by atoms with Gasteiger partial charge in [0.2, 0.25) is 5.91 Å². The fourth-order valence-electron chi connectivity index (χ4n) is 2.67. The van der Waals surface area contributed by atoms with Gasteiger partial charge in [0.15, 0.2) is 0 Å². The Labute approximate surface area is 101 Å². The molecule has 5 heteroatoms. The van der Waals surface area contributed by atoms with E-state index >= 15 is 0 Å². The lowest BCUT2D eigenvalue weighted by Gasteiger charge is -2.28. The summed E-state index contributed by atoms with van der Waals surface area (Å²) in [6, 6.07) is 0.0811. The quantitative estimate of drug-likeness (QED) is 0.757. The zero-order chi connectivity index (χ0) is 12.4. The normalized spacial score (nSPS) is 33.1. The summed E-state index contributed by atoms with van der Waals surface area (Å²) in [5.41, 5.74) is 0. The summed E-state index contributed by atoms with van der Waals surface area (Å²) in [7, 11) is 0. The molecule has 17 heavy (non-hydrogen) atoms. The van der Waals surface area contributed by atoms with Gasteiger partial charge in [0.05, 0.1) is 31.1 Å². The number of hydrogen-bond donors (Lipinski definition) is 2. The molecule has 3 atom stereocenters. The first kappa shape index (κ1) is 12.4. The van der Waals surface area contributed by atoms with Gasteiger partial charge in [-0.1, -0.05) is 13.3 Å². The minimum atomic E-state index is -0.842. The van der Waals surface area contributed by atoms with E-state index in [1.165, 1.54) is 0 Å². The summed E-state index contributed by atoms with van der Waals surface area (Å²) < 4.78 is 4.98. The Balaban J connectivity index is 1.96. The van der Waals surface area contributed by atoms with Gasteiger partial charge in [-0.05, 0) is 18.8 Å². The Morgan fingerprint density at radius 2 is 1.94 bits per heavy atom. The van der Waals surface area contributed by atoms with Crippen molar-refractivity contribution in [3.8, 4) is 0 Å². The topological polar surface area (TPSA) is 75.6 Å². The van der Waals surface area contributed by atoms with Gasteiger partial charge in [0.25, 0.3) is 0 Å². The van der Waals surface area contributed by atoms with E-state index in [-0.39, 0.29) is 17.9 Å². The third-order valence-corrected chi connectivity index (χ3v) is 3.88. The van der Waals surface area contributed by atoms with Crippen LogP contribution < -0.4 is 5.32 Å². The van der Waals surface area contributed by atoms with Crippen LogP contribution in [0.1, 0.15) is 26.2 Å². The molecule has 0 spiro atoms. The second-order valence-corrected chi connectivity index (χ2v) is 5.04. The highest BCUT2D eigenvalue weighted by molar-refractivity contribution is 5.85. The van der Waals surface area contributed by atoms with Gasteiger partial charge in [0.1, 0.15) is 0 Å². The lowest BCUT2D eigenvalue weighted by atomic mass is 9.95. The van der Waals surface area contributed by atoms with Crippen molar-refractivity contribution >= 4 is 11.9 Å². The Morgan fingerprint density at radius 1 is 1.29 bits per heavy atom. The average Bonchev–Trinajstić information content (AvgIpc) is 2.67. The van der Waals surface area contributed by atoms with Crippen LogP contribution in [0.25, 0.3) is 0 Å². The lowest BCUT2D eigenvalue weighted by molar-refractivity contribution is -0.146. The van der Waals surface area contributed by atoms with Crippen LogP contribution in [-0.2, 0) is 14.3 Å². The van der Waals surface area contributed by atoms with Crippen molar-refractivity contribution in [1.29, 1.82) is 0 Å².